The molecule has 1 aliphatic heterocycles. The Morgan fingerprint density at radius 1 is 1.06 bits per heavy atom. The van der Waals surface area contributed by atoms with Crippen LogP contribution in [0.3, 0.4) is 0 Å². The average Bonchev–Trinajstić information content (AvgIpc) is 3.43. The van der Waals surface area contributed by atoms with Crippen LogP contribution in [0.1, 0.15) is 23.7 Å². The highest BCUT2D eigenvalue weighted by atomic mass is 16.5. The third-order valence-corrected chi connectivity index (χ3v) is 6.36. The first-order chi connectivity index (χ1) is 17.0. The van der Waals surface area contributed by atoms with Crippen LogP contribution in [0.25, 0.3) is 11.0 Å². The van der Waals surface area contributed by atoms with Crippen molar-refractivity contribution in [3.8, 4) is 11.5 Å². The minimum absolute atomic E-state index is 0.0465. The van der Waals surface area contributed by atoms with E-state index in [0.29, 0.717) is 25.3 Å². The first-order valence-corrected chi connectivity index (χ1v) is 11.8. The van der Waals surface area contributed by atoms with Gasteiger partial charge in [-0.05, 0) is 48.9 Å². The Kier molecular flexibility index (Phi) is 6.42. The van der Waals surface area contributed by atoms with Gasteiger partial charge in [-0.1, -0.05) is 30.3 Å². The number of rotatable bonds is 8. The number of para-hydroxylation sites is 2. The molecule has 0 bridgehead atoms. The first kappa shape index (κ1) is 22.9. The Labute approximate surface area is 204 Å². The van der Waals surface area contributed by atoms with Crippen molar-refractivity contribution in [1.82, 2.24) is 9.55 Å². The number of carbonyl (C=O) groups excluding carboxylic acids is 1. The average molecular weight is 472 g/mol. The highest BCUT2D eigenvalue weighted by Crippen LogP contribution is 2.34. The summed E-state index contributed by atoms with van der Waals surface area (Å²) >= 11 is 0. The lowest BCUT2D eigenvalue weighted by atomic mass is 10.1. The van der Waals surface area contributed by atoms with Crippen molar-refractivity contribution in [1.29, 1.82) is 0 Å². The number of aliphatic hydroxyl groups is 1. The van der Waals surface area contributed by atoms with Gasteiger partial charge in [0, 0.05) is 30.6 Å². The van der Waals surface area contributed by atoms with E-state index in [1.165, 1.54) is 0 Å². The molecule has 0 aliphatic carbocycles. The van der Waals surface area contributed by atoms with Crippen molar-refractivity contribution >= 4 is 22.6 Å². The maximum absolute atomic E-state index is 13.0. The maximum Gasteiger partial charge on any atom is 0.227 e. The van der Waals surface area contributed by atoms with Crippen LogP contribution in [-0.2, 0) is 11.3 Å². The Morgan fingerprint density at radius 2 is 1.86 bits per heavy atom. The van der Waals surface area contributed by atoms with Crippen molar-refractivity contribution in [2.45, 2.75) is 31.9 Å². The summed E-state index contributed by atoms with van der Waals surface area (Å²) in [7, 11) is 1.62. The summed E-state index contributed by atoms with van der Waals surface area (Å²) < 4.78 is 13.2. The predicted octanol–water partition coefficient (Wildman–Crippen LogP) is 4.31. The van der Waals surface area contributed by atoms with Crippen LogP contribution in [0.5, 0.6) is 11.5 Å². The summed E-state index contributed by atoms with van der Waals surface area (Å²) in [5.41, 5.74) is 3.70. The molecule has 1 fully saturated rings. The van der Waals surface area contributed by atoms with E-state index < -0.39 is 6.10 Å². The fourth-order valence-corrected chi connectivity index (χ4v) is 4.67. The van der Waals surface area contributed by atoms with Gasteiger partial charge in [0.1, 0.15) is 30.0 Å². The quantitative estimate of drug-likeness (QED) is 0.414. The molecular weight excluding hydrogens is 442 g/mol. The van der Waals surface area contributed by atoms with Crippen LogP contribution in [-0.4, -0.2) is 46.9 Å². The van der Waals surface area contributed by atoms with E-state index >= 15 is 0 Å². The highest BCUT2D eigenvalue weighted by Gasteiger charge is 2.35. The van der Waals surface area contributed by atoms with Crippen molar-refractivity contribution in [3.63, 3.8) is 0 Å². The molecule has 7 heteroatoms. The normalized spacial score (nSPS) is 16.6. The molecule has 0 saturated carbocycles. The van der Waals surface area contributed by atoms with Crippen LogP contribution in [0.2, 0.25) is 0 Å². The minimum atomic E-state index is -0.738. The molecule has 1 N–H and O–H groups in total. The third kappa shape index (κ3) is 4.86. The standard InChI is InChI=1S/C28H29N3O4/c1-19-7-5-10-24(13-19)35-18-22(32)17-31-26-12-4-3-11-25(26)29-28(31)20-14-27(33)30(16-20)21-8-6-9-23(15-21)34-2/h3-13,15,20,22,32H,14,16-18H2,1-2H3/t20-,22-/m0/s1. The van der Waals surface area contributed by atoms with Crippen LogP contribution < -0.4 is 14.4 Å². The second-order valence-corrected chi connectivity index (χ2v) is 8.96. The molecule has 0 unspecified atom stereocenters. The molecule has 4 aromatic rings. The summed E-state index contributed by atoms with van der Waals surface area (Å²) in [5.74, 6) is 2.20. The van der Waals surface area contributed by atoms with Crippen LogP contribution in [0.4, 0.5) is 5.69 Å². The number of hydrogen-bond donors (Lipinski definition) is 1. The highest BCUT2D eigenvalue weighted by molar-refractivity contribution is 5.96. The van der Waals surface area contributed by atoms with Gasteiger partial charge >= 0.3 is 0 Å². The van der Waals surface area contributed by atoms with Crippen molar-refractivity contribution < 1.29 is 19.4 Å². The third-order valence-electron chi connectivity index (χ3n) is 6.36. The molecule has 0 radical (unpaired) electrons. The lowest BCUT2D eigenvalue weighted by Gasteiger charge is -2.19. The number of nitrogens with zero attached hydrogens (tertiary/aromatic N) is 3. The Hall–Kier alpha value is -3.84. The molecule has 2 atom stereocenters. The van der Waals surface area contributed by atoms with E-state index in [9.17, 15) is 9.90 Å². The van der Waals surface area contributed by atoms with Gasteiger partial charge in [-0.15, -0.1) is 0 Å². The van der Waals surface area contributed by atoms with Gasteiger partial charge < -0.3 is 24.0 Å². The summed E-state index contributed by atoms with van der Waals surface area (Å²) in [6, 6.07) is 23.2. The molecule has 3 aromatic carbocycles. The monoisotopic (exact) mass is 471 g/mol. The molecule has 1 aromatic heterocycles. The van der Waals surface area contributed by atoms with Gasteiger partial charge in [0.25, 0.3) is 0 Å². The smallest absolute Gasteiger partial charge is 0.227 e. The van der Waals surface area contributed by atoms with Crippen molar-refractivity contribution in [2.75, 3.05) is 25.2 Å². The number of methoxy groups -OCH3 is 1. The number of aliphatic hydroxyl groups excluding tert-OH is 1. The zero-order valence-electron chi connectivity index (χ0n) is 19.9. The fraction of sp³-hybridized carbons (Fsp3) is 0.286. The van der Waals surface area contributed by atoms with E-state index in [1.54, 1.807) is 12.0 Å². The largest absolute Gasteiger partial charge is 0.497 e. The summed E-state index contributed by atoms with van der Waals surface area (Å²) in [4.78, 5) is 19.6. The minimum Gasteiger partial charge on any atom is -0.497 e. The number of hydrogen-bond acceptors (Lipinski definition) is 5. The van der Waals surface area contributed by atoms with E-state index in [-0.39, 0.29) is 18.4 Å². The van der Waals surface area contributed by atoms with E-state index in [0.717, 1.165) is 33.9 Å². The first-order valence-electron chi connectivity index (χ1n) is 11.8. The topological polar surface area (TPSA) is 76.8 Å². The number of carbonyl (C=O) groups is 1. The number of fused-ring (bicyclic) bond motifs is 1. The lowest BCUT2D eigenvalue weighted by molar-refractivity contribution is -0.117. The molecule has 7 nitrogen and oxygen atoms in total. The van der Waals surface area contributed by atoms with Gasteiger partial charge in [-0.2, -0.15) is 0 Å². The number of anilines is 1. The molecule has 35 heavy (non-hydrogen) atoms. The number of aromatic nitrogens is 2. The number of imidazole rings is 1. The molecule has 180 valence electrons. The van der Waals surface area contributed by atoms with Crippen LogP contribution in [0.15, 0.2) is 72.8 Å². The van der Waals surface area contributed by atoms with Gasteiger partial charge in [-0.3, -0.25) is 4.79 Å². The maximum atomic E-state index is 13.0. The fourth-order valence-electron chi connectivity index (χ4n) is 4.67. The summed E-state index contributed by atoms with van der Waals surface area (Å²) in [6.07, 6.45) is -0.380. The van der Waals surface area contributed by atoms with Crippen molar-refractivity contribution in [2.24, 2.45) is 0 Å². The van der Waals surface area contributed by atoms with E-state index in [2.05, 4.69) is 0 Å². The van der Waals surface area contributed by atoms with Crippen molar-refractivity contribution in [3.05, 3.63) is 84.2 Å². The van der Waals surface area contributed by atoms with Gasteiger partial charge in [-0.25, -0.2) is 4.98 Å². The van der Waals surface area contributed by atoms with Gasteiger partial charge in [0.15, 0.2) is 0 Å². The summed E-state index contributed by atoms with van der Waals surface area (Å²) in [5, 5.41) is 10.9. The Morgan fingerprint density at radius 3 is 2.69 bits per heavy atom. The predicted molar refractivity (Wildman–Crippen MR) is 135 cm³/mol. The zero-order valence-corrected chi connectivity index (χ0v) is 19.9. The lowest BCUT2D eigenvalue weighted by Crippen LogP contribution is -2.26. The molecule has 1 saturated heterocycles. The second-order valence-electron chi connectivity index (χ2n) is 8.96. The van der Waals surface area contributed by atoms with E-state index in [4.69, 9.17) is 14.5 Å². The molecule has 1 aliphatic rings. The van der Waals surface area contributed by atoms with Gasteiger partial charge in [0.05, 0.1) is 24.7 Å². The molecule has 0 spiro atoms. The van der Waals surface area contributed by atoms with E-state index in [1.807, 2.05) is 84.3 Å². The zero-order chi connectivity index (χ0) is 24.4. The van der Waals surface area contributed by atoms with Gasteiger partial charge in [0.2, 0.25) is 5.91 Å². The second kappa shape index (κ2) is 9.80. The molecule has 1 amide bonds. The molecule has 2 heterocycles. The number of benzene rings is 3. The molecular formula is C28H29N3O4. The van der Waals surface area contributed by atoms with Crippen LogP contribution >= 0.6 is 0 Å². The molecule has 5 rings (SSSR count). The SMILES string of the molecule is COc1cccc(N2C[C@@H](c3nc4ccccc4n3C[C@H](O)COc3cccc(C)c3)CC2=O)c1. The number of ether oxygens (including phenoxy) is 2. The summed E-state index contributed by atoms with van der Waals surface area (Å²) in [6.45, 7) is 3.01. The number of aryl methyl sites for hydroxylation is 1. The Bertz CT molecular complexity index is 1350. The Balaban J connectivity index is 1.38. The van der Waals surface area contributed by atoms with Crippen LogP contribution in [0, 0.1) is 6.92 Å². The number of amides is 1.